The van der Waals surface area contributed by atoms with Gasteiger partial charge < -0.3 is 9.42 Å². The molecule has 1 rings (SSSR count). The monoisotopic (exact) mass is 381 g/mol. The van der Waals surface area contributed by atoms with Crippen LogP contribution in [0, 0.1) is 10.8 Å². The molecule has 1 aromatic rings. The first kappa shape index (κ1) is 24.3. The maximum absolute atomic E-state index is 12.9. The van der Waals surface area contributed by atoms with Gasteiger partial charge in [0.15, 0.2) is 5.78 Å². The molecule has 0 heterocycles. The summed E-state index contributed by atoms with van der Waals surface area (Å²) in [5.41, 5.74) is -0.933. The van der Waals surface area contributed by atoms with E-state index in [9.17, 15) is 14.4 Å². The Bertz CT molecular complexity index is 634. The molecule has 1 aromatic carbocycles. The van der Waals surface area contributed by atoms with Crippen LogP contribution in [0.15, 0.2) is 24.3 Å². The Morgan fingerprint density at radius 3 is 1.69 bits per heavy atom. The first-order chi connectivity index (χ1) is 12.0. The van der Waals surface area contributed by atoms with E-state index in [0.717, 1.165) is 0 Å². The summed E-state index contributed by atoms with van der Waals surface area (Å²) in [6, 6.07) is 6.52. The molecule has 1 amide bonds. The third kappa shape index (κ3) is 5.14. The summed E-state index contributed by atoms with van der Waals surface area (Å²) in [6.45, 7) is 12.7. The zero-order chi connectivity index (χ0) is 20.7. The topological polar surface area (TPSA) is 63.7 Å². The highest BCUT2D eigenvalue weighted by molar-refractivity contribution is 7.31. The van der Waals surface area contributed by atoms with E-state index in [4.69, 9.17) is 4.52 Å². The van der Waals surface area contributed by atoms with E-state index in [1.165, 1.54) is 4.90 Å². The average molecular weight is 381 g/mol. The van der Waals surface area contributed by atoms with Gasteiger partial charge in [-0.15, -0.1) is 0 Å². The number of nitrogens with zero attached hydrogens (tertiary/aromatic N) is 1. The SMILES string of the molecule is CC.CPOC(=O)C(C)(C)C(C)(C)C(=O)c1ccc(C(=O)N(C)C)cc1. The Labute approximate surface area is 159 Å². The quantitative estimate of drug-likeness (QED) is 0.541. The lowest BCUT2D eigenvalue weighted by Crippen LogP contribution is -2.45. The zero-order valence-corrected chi connectivity index (χ0v) is 18.4. The number of carbonyl (C=O) groups excluding carboxylic acids is 3. The van der Waals surface area contributed by atoms with E-state index in [0.29, 0.717) is 11.1 Å². The fourth-order valence-corrected chi connectivity index (χ4v) is 2.58. The fourth-order valence-electron chi connectivity index (χ4n) is 2.14. The number of rotatable bonds is 6. The smallest absolute Gasteiger partial charge is 0.314 e. The molecule has 1 atom stereocenters. The summed E-state index contributed by atoms with van der Waals surface area (Å²) in [5, 5.41) is 0. The molecule has 0 N–H and O–H groups in total. The predicted molar refractivity (Wildman–Crippen MR) is 108 cm³/mol. The molecular formula is C20H32NO4P. The van der Waals surface area contributed by atoms with Crippen molar-refractivity contribution in [3.63, 3.8) is 0 Å². The number of ketones is 1. The van der Waals surface area contributed by atoms with Crippen LogP contribution >= 0.6 is 8.81 Å². The molecule has 0 bridgehead atoms. The second-order valence-electron chi connectivity index (χ2n) is 6.95. The van der Waals surface area contributed by atoms with E-state index in [2.05, 4.69) is 0 Å². The van der Waals surface area contributed by atoms with Crippen LogP contribution in [-0.2, 0) is 9.32 Å². The average Bonchev–Trinajstić information content (AvgIpc) is 2.62. The van der Waals surface area contributed by atoms with Gasteiger partial charge in [0.1, 0.15) is 0 Å². The molecule has 0 spiro atoms. The van der Waals surface area contributed by atoms with Crippen molar-refractivity contribution in [2.45, 2.75) is 41.5 Å². The minimum Gasteiger partial charge on any atom is -0.448 e. The molecule has 26 heavy (non-hydrogen) atoms. The van der Waals surface area contributed by atoms with E-state index in [1.54, 1.807) is 72.7 Å². The van der Waals surface area contributed by atoms with Gasteiger partial charge in [0, 0.05) is 30.6 Å². The van der Waals surface area contributed by atoms with Crippen molar-refractivity contribution in [1.82, 2.24) is 4.90 Å². The third-order valence-corrected chi connectivity index (χ3v) is 5.02. The van der Waals surface area contributed by atoms with Crippen LogP contribution in [0.25, 0.3) is 0 Å². The van der Waals surface area contributed by atoms with Gasteiger partial charge in [-0.1, -0.05) is 39.8 Å². The molecule has 0 saturated carbocycles. The number of amides is 1. The van der Waals surface area contributed by atoms with Crippen molar-refractivity contribution in [2.24, 2.45) is 10.8 Å². The summed E-state index contributed by atoms with van der Waals surface area (Å²) in [4.78, 5) is 38.6. The van der Waals surface area contributed by atoms with Crippen molar-refractivity contribution in [2.75, 3.05) is 20.8 Å². The molecule has 0 aliphatic carbocycles. The lowest BCUT2D eigenvalue weighted by atomic mass is 9.64. The Morgan fingerprint density at radius 1 is 0.885 bits per heavy atom. The minimum absolute atomic E-state index is 0.0406. The summed E-state index contributed by atoms with van der Waals surface area (Å²) in [5.74, 6) is -0.671. The maximum atomic E-state index is 12.9. The lowest BCUT2D eigenvalue weighted by Gasteiger charge is -2.37. The lowest BCUT2D eigenvalue weighted by molar-refractivity contribution is -0.147. The highest BCUT2D eigenvalue weighted by Crippen LogP contribution is 2.43. The summed E-state index contributed by atoms with van der Waals surface area (Å²) < 4.78 is 5.14. The molecule has 0 saturated heterocycles. The predicted octanol–water partition coefficient (Wildman–Crippen LogP) is 4.42. The van der Waals surface area contributed by atoms with Gasteiger partial charge in [-0.25, -0.2) is 0 Å². The van der Waals surface area contributed by atoms with E-state index in [-0.39, 0.29) is 26.5 Å². The molecule has 0 fully saturated rings. The zero-order valence-electron chi connectivity index (χ0n) is 17.4. The van der Waals surface area contributed by atoms with Gasteiger partial charge >= 0.3 is 5.97 Å². The first-order valence-corrected chi connectivity index (χ1v) is 10.1. The maximum Gasteiger partial charge on any atom is 0.314 e. The first-order valence-electron chi connectivity index (χ1n) is 8.71. The molecule has 0 aromatic heterocycles. The van der Waals surface area contributed by atoms with Crippen molar-refractivity contribution in [1.29, 1.82) is 0 Å². The number of Topliss-reactive ketones (excluding diaryl/α,β-unsaturated/α-hetero) is 1. The number of carbonyl (C=O) groups is 3. The van der Waals surface area contributed by atoms with Crippen molar-refractivity contribution in [3.8, 4) is 0 Å². The van der Waals surface area contributed by atoms with Crippen LogP contribution in [-0.4, -0.2) is 43.3 Å². The van der Waals surface area contributed by atoms with Gasteiger partial charge in [-0.2, -0.15) is 0 Å². The van der Waals surface area contributed by atoms with Crippen LogP contribution in [0.1, 0.15) is 62.3 Å². The highest BCUT2D eigenvalue weighted by atomic mass is 31.1. The largest absolute Gasteiger partial charge is 0.448 e. The third-order valence-electron chi connectivity index (χ3n) is 4.64. The molecule has 146 valence electrons. The molecule has 0 radical (unpaired) electrons. The normalized spacial score (nSPS) is 11.6. The van der Waals surface area contributed by atoms with Gasteiger partial charge in [-0.3, -0.25) is 14.4 Å². The Kier molecular flexibility index (Phi) is 9.16. The summed E-state index contributed by atoms with van der Waals surface area (Å²) in [6.07, 6.45) is 0. The summed E-state index contributed by atoms with van der Waals surface area (Å²) >= 11 is 0. The molecule has 0 aliphatic rings. The molecule has 0 aliphatic heterocycles. The molecule has 5 nitrogen and oxygen atoms in total. The van der Waals surface area contributed by atoms with E-state index >= 15 is 0 Å². The van der Waals surface area contributed by atoms with Gasteiger partial charge in [0.05, 0.1) is 14.2 Å². The highest BCUT2D eigenvalue weighted by Gasteiger charge is 2.49. The molecule has 1 unspecified atom stereocenters. The van der Waals surface area contributed by atoms with Crippen molar-refractivity contribution in [3.05, 3.63) is 35.4 Å². The Morgan fingerprint density at radius 2 is 1.31 bits per heavy atom. The van der Waals surface area contributed by atoms with Crippen LogP contribution in [0.4, 0.5) is 0 Å². The number of benzene rings is 1. The standard InChI is InChI=1S/C18H26NO4P.C2H6/c1-17(2,18(3,4)16(22)23-24-7)14(20)12-8-10-13(11-9-12)15(21)19(5)6;1-2/h8-11,24H,1-7H3;1-2H3. The van der Waals surface area contributed by atoms with Crippen molar-refractivity contribution >= 4 is 26.5 Å². The molecule has 6 heteroatoms. The summed E-state index contributed by atoms with van der Waals surface area (Å²) in [7, 11) is 3.39. The minimum atomic E-state index is -0.967. The Hall–Kier alpha value is -1.74. The van der Waals surface area contributed by atoms with Crippen LogP contribution in [0.3, 0.4) is 0 Å². The van der Waals surface area contributed by atoms with E-state index < -0.39 is 10.8 Å². The fraction of sp³-hybridized carbons (Fsp3) is 0.550. The van der Waals surface area contributed by atoms with Crippen molar-refractivity contribution < 1.29 is 18.9 Å². The van der Waals surface area contributed by atoms with E-state index in [1.807, 2.05) is 13.8 Å². The van der Waals surface area contributed by atoms with Crippen LogP contribution in [0.2, 0.25) is 0 Å². The van der Waals surface area contributed by atoms with Gasteiger partial charge in [-0.05, 0) is 32.6 Å². The van der Waals surface area contributed by atoms with Crippen LogP contribution < -0.4 is 0 Å². The Balaban J connectivity index is 0.00000301. The van der Waals surface area contributed by atoms with Crippen LogP contribution in [0.5, 0.6) is 0 Å². The van der Waals surface area contributed by atoms with Gasteiger partial charge in [0.25, 0.3) is 5.91 Å². The number of hydrogen-bond acceptors (Lipinski definition) is 4. The molecular weight excluding hydrogens is 349 g/mol. The van der Waals surface area contributed by atoms with Gasteiger partial charge in [0.2, 0.25) is 0 Å². The second-order valence-corrected chi connectivity index (χ2v) is 7.56. The number of hydrogen-bond donors (Lipinski definition) is 0. The second kappa shape index (κ2) is 9.82.